The fraction of sp³-hybridized carbons (Fsp3) is 0.333. The van der Waals surface area contributed by atoms with Gasteiger partial charge >= 0.3 is 0 Å². The molecule has 0 aliphatic carbocycles. The van der Waals surface area contributed by atoms with Crippen LogP contribution in [-0.2, 0) is 4.79 Å². The highest BCUT2D eigenvalue weighted by atomic mass is 16.5. The molecule has 5 nitrogen and oxygen atoms in total. The van der Waals surface area contributed by atoms with Crippen LogP contribution in [0.1, 0.15) is 23.7 Å². The summed E-state index contributed by atoms with van der Waals surface area (Å²) in [5, 5.41) is 2.47. The van der Waals surface area contributed by atoms with E-state index in [4.69, 9.17) is 15.9 Å². The van der Waals surface area contributed by atoms with E-state index in [9.17, 15) is 9.59 Å². The maximum Gasteiger partial charge on any atom is 0.258 e. The molecular formula is C15H17NO4. The second-order valence-corrected chi connectivity index (χ2v) is 3.94. The Balaban J connectivity index is 2.68. The SMILES string of the molecule is C#CCNC(=O)COc1cc(OCCC)ccc1C=O. The zero-order valence-electron chi connectivity index (χ0n) is 11.3. The van der Waals surface area contributed by atoms with Crippen molar-refractivity contribution < 1.29 is 19.1 Å². The largest absolute Gasteiger partial charge is 0.493 e. The van der Waals surface area contributed by atoms with Crippen LogP contribution in [0.4, 0.5) is 0 Å². The summed E-state index contributed by atoms with van der Waals surface area (Å²) in [7, 11) is 0. The molecule has 0 bridgehead atoms. The lowest BCUT2D eigenvalue weighted by Crippen LogP contribution is -2.29. The van der Waals surface area contributed by atoms with Crippen LogP contribution in [0.15, 0.2) is 18.2 Å². The van der Waals surface area contributed by atoms with E-state index in [-0.39, 0.29) is 19.1 Å². The lowest BCUT2D eigenvalue weighted by atomic mass is 10.2. The molecular weight excluding hydrogens is 258 g/mol. The number of ether oxygens (including phenoxy) is 2. The third-order valence-corrected chi connectivity index (χ3v) is 2.33. The third kappa shape index (κ3) is 5.02. The van der Waals surface area contributed by atoms with Crippen LogP contribution in [-0.4, -0.2) is 32.0 Å². The summed E-state index contributed by atoms with van der Waals surface area (Å²) in [5.41, 5.74) is 0.360. The third-order valence-electron chi connectivity index (χ3n) is 2.33. The zero-order valence-corrected chi connectivity index (χ0v) is 11.3. The Hall–Kier alpha value is -2.48. The van der Waals surface area contributed by atoms with Crippen LogP contribution in [0.3, 0.4) is 0 Å². The number of nitrogens with one attached hydrogen (secondary N) is 1. The van der Waals surface area contributed by atoms with Gasteiger partial charge in [0.25, 0.3) is 5.91 Å². The molecule has 106 valence electrons. The van der Waals surface area contributed by atoms with E-state index in [1.54, 1.807) is 18.2 Å². The molecule has 0 unspecified atom stereocenters. The van der Waals surface area contributed by atoms with E-state index < -0.39 is 0 Å². The topological polar surface area (TPSA) is 64.6 Å². The Kier molecular flexibility index (Phi) is 6.69. The Morgan fingerprint density at radius 3 is 2.90 bits per heavy atom. The van der Waals surface area contributed by atoms with Crippen molar-refractivity contribution in [2.45, 2.75) is 13.3 Å². The average Bonchev–Trinajstić information content (AvgIpc) is 2.48. The Labute approximate surface area is 118 Å². The first-order valence-corrected chi connectivity index (χ1v) is 6.26. The molecule has 0 aromatic heterocycles. The minimum absolute atomic E-state index is 0.141. The second kappa shape index (κ2) is 8.59. The molecule has 0 aliphatic rings. The molecule has 1 amide bonds. The molecule has 0 spiro atoms. The summed E-state index contributed by atoms with van der Waals surface area (Å²) in [6.45, 7) is 2.50. The number of hydrogen-bond acceptors (Lipinski definition) is 4. The van der Waals surface area contributed by atoms with Crippen molar-refractivity contribution in [1.82, 2.24) is 5.32 Å². The molecule has 0 saturated carbocycles. The fourth-order valence-electron chi connectivity index (χ4n) is 1.39. The summed E-state index contributed by atoms with van der Waals surface area (Å²) in [5.74, 6) is 2.84. The summed E-state index contributed by atoms with van der Waals surface area (Å²) in [6, 6.07) is 4.87. The van der Waals surface area contributed by atoms with Gasteiger partial charge in [-0.1, -0.05) is 12.8 Å². The van der Waals surface area contributed by atoms with E-state index in [2.05, 4.69) is 11.2 Å². The van der Waals surface area contributed by atoms with E-state index in [1.165, 1.54) is 0 Å². The molecule has 1 aromatic rings. The average molecular weight is 275 g/mol. The number of carbonyl (C=O) groups excluding carboxylic acids is 2. The molecule has 1 rings (SSSR count). The maximum atomic E-state index is 11.4. The first-order valence-electron chi connectivity index (χ1n) is 6.26. The predicted octanol–water partition coefficient (Wildman–Crippen LogP) is 1.42. The second-order valence-electron chi connectivity index (χ2n) is 3.94. The highest BCUT2D eigenvalue weighted by Crippen LogP contribution is 2.23. The number of carbonyl (C=O) groups is 2. The first-order chi connectivity index (χ1) is 9.71. The number of terminal acetylenes is 1. The fourth-order valence-corrected chi connectivity index (χ4v) is 1.39. The highest BCUT2D eigenvalue weighted by Gasteiger charge is 2.08. The highest BCUT2D eigenvalue weighted by molar-refractivity contribution is 5.81. The normalized spacial score (nSPS) is 9.40. The van der Waals surface area contributed by atoms with Gasteiger partial charge in [0, 0.05) is 6.07 Å². The van der Waals surface area contributed by atoms with E-state index in [1.807, 2.05) is 6.92 Å². The smallest absolute Gasteiger partial charge is 0.258 e. The number of hydrogen-bond donors (Lipinski definition) is 1. The van der Waals surface area contributed by atoms with Gasteiger partial charge in [-0.3, -0.25) is 9.59 Å². The van der Waals surface area contributed by atoms with Crippen LogP contribution < -0.4 is 14.8 Å². The molecule has 5 heteroatoms. The number of benzene rings is 1. The van der Waals surface area contributed by atoms with Gasteiger partial charge in [-0.25, -0.2) is 0 Å². The van der Waals surface area contributed by atoms with E-state index in [0.717, 1.165) is 6.42 Å². The Bertz CT molecular complexity index is 505. The molecule has 0 aliphatic heterocycles. The van der Waals surface area contributed by atoms with Crippen molar-refractivity contribution in [2.24, 2.45) is 0 Å². The van der Waals surface area contributed by atoms with E-state index in [0.29, 0.717) is 30.0 Å². The minimum atomic E-state index is -0.348. The molecule has 0 radical (unpaired) electrons. The van der Waals surface area contributed by atoms with Crippen LogP contribution >= 0.6 is 0 Å². The van der Waals surface area contributed by atoms with Gasteiger partial charge in [0.15, 0.2) is 12.9 Å². The van der Waals surface area contributed by atoms with Gasteiger partial charge in [0.1, 0.15) is 11.5 Å². The van der Waals surface area contributed by atoms with Crippen molar-refractivity contribution in [1.29, 1.82) is 0 Å². The van der Waals surface area contributed by atoms with Crippen molar-refractivity contribution >= 4 is 12.2 Å². The molecule has 20 heavy (non-hydrogen) atoms. The molecule has 1 N–H and O–H groups in total. The van der Waals surface area contributed by atoms with Gasteiger partial charge in [0.05, 0.1) is 18.7 Å². The first kappa shape index (κ1) is 15.6. The quantitative estimate of drug-likeness (QED) is 0.575. The van der Waals surface area contributed by atoms with Crippen LogP contribution in [0.5, 0.6) is 11.5 Å². The monoisotopic (exact) mass is 275 g/mol. The number of rotatable bonds is 8. The molecule has 0 fully saturated rings. The van der Waals surface area contributed by atoms with Gasteiger partial charge in [0.2, 0.25) is 0 Å². The van der Waals surface area contributed by atoms with Gasteiger partial charge in [-0.05, 0) is 18.6 Å². The summed E-state index contributed by atoms with van der Waals surface area (Å²) in [4.78, 5) is 22.3. The van der Waals surface area contributed by atoms with Gasteiger partial charge < -0.3 is 14.8 Å². The van der Waals surface area contributed by atoms with Crippen molar-refractivity contribution in [3.05, 3.63) is 23.8 Å². The number of aldehydes is 1. The van der Waals surface area contributed by atoms with Gasteiger partial charge in [-0.2, -0.15) is 0 Å². The minimum Gasteiger partial charge on any atom is -0.493 e. The van der Waals surface area contributed by atoms with Gasteiger partial charge in [-0.15, -0.1) is 6.42 Å². The van der Waals surface area contributed by atoms with Crippen LogP contribution in [0.2, 0.25) is 0 Å². The lowest BCUT2D eigenvalue weighted by molar-refractivity contribution is -0.122. The number of amides is 1. The van der Waals surface area contributed by atoms with Crippen molar-refractivity contribution in [2.75, 3.05) is 19.8 Å². The van der Waals surface area contributed by atoms with Crippen molar-refractivity contribution in [3.63, 3.8) is 0 Å². The molecule has 1 aromatic carbocycles. The van der Waals surface area contributed by atoms with Crippen molar-refractivity contribution in [3.8, 4) is 23.8 Å². The zero-order chi connectivity index (χ0) is 14.8. The Morgan fingerprint density at radius 2 is 2.25 bits per heavy atom. The standard InChI is InChI=1S/C15H17NO4/c1-3-7-16-15(18)11-20-14-9-13(19-8-4-2)6-5-12(14)10-17/h1,5-6,9-10H,4,7-8,11H2,2H3,(H,16,18). The maximum absolute atomic E-state index is 11.4. The predicted molar refractivity (Wildman–Crippen MR) is 75.0 cm³/mol. The van der Waals surface area contributed by atoms with Crippen LogP contribution in [0.25, 0.3) is 0 Å². The molecule has 0 saturated heterocycles. The summed E-state index contributed by atoms with van der Waals surface area (Å²) < 4.78 is 10.8. The van der Waals surface area contributed by atoms with E-state index >= 15 is 0 Å². The lowest BCUT2D eigenvalue weighted by Gasteiger charge is -2.11. The Morgan fingerprint density at radius 1 is 1.45 bits per heavy atom. The summed E-state index contributed by atoms with van der Waals surface area (Å²) >= 11 is 0. The molecule has 0 atom stereocenters. The molecule has 0 heterocycles. The summed E-state index contributed by atoms with van der Waals surface area (Å²) in [6.07, 6.45) is 6.57. The van der Waals surface area contributed by atoms with Crippen LogP contribution in [0, 0.1) is 12.3 Å².